The van der Waals surface area contributed by atoms with Gasteiger partial charge in [0.1, 0.15) is 18.9 Å². The van der Waals surface area contributed by atoms with Gasteiger partial charge < -0.3 is 20.3 Å². The van der Waals surface area contributed by atoms with Crippen LogP contribution < -0.4 is 10.1 Å². The second-order valence-electron chi connectivity index (χ2n) is 4.07. The molecule has 1 unspecified atom stereocenters. The number of para-hydroxylation sites is 1. The Hall–Kier alpha value is -2.50. The topological polar surface area (TPSA) is 95.9 Å². The average molecular weight is 279 g/mol. The Bertz CT molecular complexity index is 458. The van der Waals surface area contributed by atoms with Gasteiger partial charge in [-0.3, -0.25) is 9.59 Å². The van der Waals surface area contributed by atoms with Crippen molar-refractivity contribution in [3.05, 3.63) is 42.6 Å². The van der Waals surface area contributed by atoms with E-state index in [1.807, 2.05) is 6.07 Å². The number of carboxylic acids is 2. The van der Waals surface area contributed by atoms with E-state index in [1.165, 1.54) is 6.20 Å². The van der Waals surface area contributed by atoms with Crippen LogP contribution in [0.25, 0.3) is 0 Å². The fourth-order valence-electron chi connectivity index (χ4n) is 1.42. The molecule has 20 heavy (non-hydrogen) atoms. The minimum Gasteiger partial charge on any atom is -0.493 e. The van der Waals surface area contributed by atoms with E-state index in [2.05, 4.69) is 5.32 Å². The second kappa shape index (κ2) is 8.58. The van der Waals surface area contributed by atoms with Crippen LogP contribution >= 0.6 is 0 Å². The minimum absolute atomic E-state index is 0.0582. The van der Waals surface area contributed by atoms with Gasteiger partial charge >= 0.3 is 11.9 Å². The number of hydrogen-bond donors (Lipinski definition) is 3. The molecule has 1 aromatic carbocycles. The molecule has 0 heterocycles. The number of allylic oxidation sites excluding steroid dienone is 1. The molecule has 0 saturated heterocycles. The van der Waals surface area contributed by atoms with E-state index in [1.54, 1.807) is 30.3 Å². The number of ether oxygens (including phenoxy) is 1. The van der Waals surface area contributed by atoms with Crippen molar-refractivity contribution in [1.82, 2.24) is 5.32 Å². The summed E-state index contributed by atoms with van der Waals surface area (Å²) in [6.45, 7) is -0.141. The van der Waals surface area contributed by atoms with E-state index in [9.17, 15) is 9.59 Å². The molecule has 6 nitrogen and oxygen atoms in total. The first-order chi connectivity index (χ1) is 9.59. The highest BCUT2D eigenvalue weighted by atomic mass is 16.5. The van der Waals surface area contributed by atoms with Gasteiger partial charge in [-0.25, -0.2) is 0 Å². The summed E-state index contributed by atoms with van der Waals surface area (Å²) in [6, 6.07) is 8.96. The zero-order chi connectivity index (χ0) is 14.8. The lowest BCUT2D eigenvalue weighted by molar-refractivity contribution is -0.142. The maximum atomic E-state index is 11.1. The molecular formula is C14H17NO5. The summed E-state index contributed by atoms with van der Waals surface area (Å²) in [5, 5.41) is 20.0. The second-order valence-corrected chi connectivity index (χ2v) is 4.07. The van der Waals surface area contributed by atoms with Gasteiger partial charge in [-0.2, -0.15) is 0 Å². The van der Waals surface area contributed by atoms with Crippen LogP contribution in [-0.4, -0.2) is 35.3 Å². The van der Waals surface area contributed by atoms with Gasteiger partial charge in [-0.1, -0.05) is 24.3 Å². The molecule has 0 saturated carbocycles. The first kappa shape index (κ1) is 15.6. The van der Waals surface area contributed by atoms with Gasteiger partial charge in [-0.05, 0) is 24.8 Å². The normalized spacial score (nSPS) is 12.0. The van der Waals surface area contributed by atoms with Crippen LogP contribution in [0.5, 0.6) is 5.75 Å². The molecule has 0 aliphatic carbocycles. The third-order valence-electron chi connectivity index (χ3n) is 2.45. The van der Waals surface area contributed by atoms with Crippen molar-refractivity contribution in [3.8, 4) is 5.75 Å². The number of benzene rings is 1. The standard InChI is InChI=1S/C14H17NO5/c16-13(17)9-15-8-4-5-11(14(18)19)10-20-12-6-2-1-3-7-12/h1-4,6-8,11,15H,5,9-10H2,(H,16,17)(H,18,19). The van der Waals surface area contributed by atoms with E-state index in [-0.39, 0.29) is 19.6 Å². The maximum absolute atomic E-state index is 11.1. The van der Waals surface area contributed by atoms with Gasteiger partial charge in [0, 0.05) is 0 Å². The van der Waals surface area contributed by atoms with Crippen molar-refractivity contribution in [3.63, 3.8) is 0 Å². The predicted molar refractivity (Wildman–Crippen MR) is 72.5 cm³/mol. The van der Waals surface area contributed by atoms with Crippen molar-refractivity contribution in [2.45, 2.75) is 6.42 Å². The summed E-state index contributed by atoms with van der Waals surface area (Å²) in [5.74, 6) is -1.99. The molecule has 0 bridgehead atoms. The fourth-order valence-corrected chi connectivity index (χ4v) is 1.42. The van der Waals surface area contributed by atoms with Crippen LogP contribution in [0.2, 0.25) is 0 Å². The summed E-state index contributed by atoms with van der Waals surface area (Å²) in [7, 11) is 0. The number of hydrogen-bond acceptors (Lipinski definition) is 4. The Kier molecular flexibility index (Phi) is 6.67. The van der Waals surface area contributed by atoms with Crippen molar-refractivity contribution in [1.29, 1.82) is 0 Å². The summed E-state index contributed by atoms with van der Waals surface area (Å²) < 4.78 is 5.40. The van der Waals surface area contributed by atoms with E-state index in [0.29, 0.717) is 5.75 Å². The number of aliphatic carboxylic acids is 2. The van der Waals surface area contributed by atoms with Crippen LogP contribution in [0.4, 0.5) is 0 Å². The SMILES string of the molecule is O=C(O)CNC=CCC(COc1ccccc1)C(=O)O. The molecule has 1 atom stereocenters. The van der Waals surface area contributed by atoms with E-state index >= 15 is 0 Å². The Balaban J connectivity index is 2.37. The lowest BCUT2D eigenvalue weighted by atomic mass is 10.1. The molecule has 0 aromatic heterocycles. The van der Waals surface area contributed by atoms with Crippen molar-refractivity contribution in [2.75, 3.05) is 13.2 Å². The van der Waals surface area contributed by atoms with Gasteiger partial charge in [-0.15, -0.1) is 0 Å². The summed E-state index contributed by atoms with van der Waals surface area (Å²) >= 11 is 0. The number of carboxylic acid groups (broad SMARTS) is 2. The molecule has 0 radical (unpaired) electrons. The number of rotatable bonds is 9. The highest BCUT2D eigenvalue weighted by molar-refractivity contribution is 5.70. The minimum atomic E-state index is -0.975. The Morgan fingerprint density at radius 3 is 2.55 bits per heavy atom. The molecule has 0 aliphatic rings. The predicted octanol–water partition coefficient (Wildman–Crippen LogP) is 1.34. The van der Waals surface area contributed by atoms with E-state index in [0.717, 1.165) is 0 Å². The van der Waals surface area contributed by atoms with Gasteiger partial charge in [0.05, 0.1) is 5.92 Å². The zero-order valence-corrected chi connectivity index (χ0v) is 10.9. The van der Waals surface area contributed by atoms with Crippen LogP contribution in [0.15, 0.2) is 42.6 Å². The first-order valence-electron chi connectivity index (χ1n) is 6.10. The molecule has 1 aromatic rings. The smallest absolute Gasteiger partial charge is 0.322 e. The maximum Gasteiger partial charge on any atom is 0.322 e. The number of carbonyl (C=O) groups is 2. The quantitative estimate of drug-likeness (QED) is 0.631. The third kappa shape index (κ3) is 6.44. The molecule has 0 spiro atoms. The summed E-state index contributed by atoms with van der Waals surface area (Å²) in [6.07, 6.45) is 3.28. The van der Waals surface area contributed by atoms with Crippen LogP contribution in [0, 0.1) is 5.92 Å². The average Bonchev–Trinajstić information content (AvgIpc) is 2.42. The molecule has 3 N–H and O–H groups in total. The van der Waals surface area contributed by atoms with Gasteiger partial charge in [0.15, 0.2) is 0 Å². The molecule has 1 rings (SSSR count). The van der Waals surface area contributed by atoms with Crippen LogP contribution in [0.3, 0.4) is 0 Å². The largest absolute Gasteiger partial charge is 0.493 e. The lowest BCUT2D eigenvalue weighted by Gasteiger charge is -2.11. The van der Waals surface area contributed by atoms with Crippen molar-refractivity contribution >= 4 is 11.9 Å². The van der Waals surface area contributed by atoms with Crippen LogP contribution in [-0.2, 0) is 9.59 Å². The zero-order valence-electron chi connectivity index (χ0n) is 10.9. The first-order valence-corrected chi connectivity index (χ1v) is 6.10. The highest BCUT2D eigenvalue weighted by Crippen LogP contribution is 2.12. The monoisotopic (exact) mass is 279 g/mol. The lowest BCUT2D eigenvalue weighted by Crippen LogP contribution is -2.21. The fraction of sp³-hybridized carbons (Fsp3) is 0.286. The molecular weight excluding hydrogens is 262 g/mol. The molecule has 6 heteroatoms. The Morgan fingerprint density at radius 2 is 1.95 bits per heavy atom. The van der Waals surface area contributed by atoms with E-state index < -0.39 is 17.9 Å². The van der Waals surface area contributed by atoms with Gasteiger partial charge in [0.2, 0.25) is 0 Å². The molecule has 0 fully saturated rings. The van der Waals surface area contributed by atoms with Crippen molar-refractivity contribution in [2.24, 2.45) is 5.92 Å². The van der Waals surface area contributed by atoms with Crippen LogP contribution in [0.1, 0.15) is 6.42 Å². The molecule has 0 aliphatic heterocycles. The van der Waals surface area contributed by atoms with Crippen molar-refractivity contribution < 1.29 is 24.5 Å². The third-order valence-corrected chi connectivity index (χ3v) is 2.45. The Labute approximate surface area is 116 Å². The molecule has 0 amide bonds. The highest BCUT2D eigenvalue weighted by Gasteiger charge is 2.16. The summed E-state index contributed by atoms with van der Waals surface area (Å²) in [5.41, 5.74) is 0. The van der Waals surface area contributed by atoms with Gasteiger partial charge in [0.25, 0.3) is 0 Å². The Morgan fingerprint density at radius 1 is 1.25 bits per heavy atom. The summed E-state index contributed by atoms with van der Waals surface area (Å²) in [4.78, 5) is 21.3. The number of nitrogens with one attached hydrogen (secondary N) is 1. The van der Waals surface area contributed by atoms with E-state index in [4.69, 9.17) is 14.9 Å². The molecule has 108 valence electrons.